The van der Waals surface area contributed by atoms with Crippen molar-refractivity contribution < 1.29 is 4.79 Å². The monoisotopic (exact) mass is 292 g/mol. The first kappa shape index (κ1) is 14.5. The number of hydrogen-bond acceptors (Lipinski definition) is 6. The Morgan fingerprint density at radius 1 is 1.60 bits per heavy atom. The molecule has 2 aromatic heterocycles. The van der Waals surface area contributed by atoms with Crippen LogP contribution in [-0.4, -0.2) is 43.7 Å². The van der Waals surface area contributed by atoms with Gasteiger partial charge in [0, 0.05) is 6.20 Å². The second-order valence-electron chi connectivity index (χ2n) is 4.09. The summed E-state index contributed by atoms with van der Waals surface area (Å²) >= 11 is 1.66. The zero-order valence-corrected chi connectivity index (χ0v) is 11.9. The van der Waals surface area contributed by atoms with Gasteiger partial charge < -0.3 is 11.1 Å². The van der Waals surface area contributed by atoms with Crippen LogP contribution in [0.3, 0.4) is 0 Å². The highest BCUT2D eigenvalue weighted by Gasteiger charge is 2.15. The largest absolute Gasteiger partial charge is 0.322 e. The minimum atomic E-state index is -0.536. The van der Waals surface area contributed by atoms with Gasteiger partial charge in [-0.2, -0.15) is 16.9 Å². The molecule has 0 aromatic carbocycles. The number of nitrogens with two attached hydrogens (primary N) is 1. The molecule has 0 saturated heterocycles. The third-order valence-corrected chi connectivity index (χ3v) is 3.29. The molecule has 0 unspecified atom stereocenters. The van der Waals surface area contributed by atoms with Crippen molar-refractivity contribution >= 4 is 23.4 Å². The zero-order chi connectivity index (χ0) is 14.4. The van der Waals surface area contributed by atoms with Crippen LogP contribution >= 0.6 is 11.8 Å². The topological polar surface area (TPSA) is 98.7 Å². The standard InChI is InChI=1S/C12H16N6OS/c1-20-6-4-9(13)12(19)17-10-3-2-5-15-11(10)18-8-14-7-16-18/h2-3,5,7-9H,4,6,13H2,1H3,(H,17,19)/t9-/m0/s1. The Kier molecular flexibility index (Phi) is 5.08. The minimum absolute atomic E-state index is 0.228. The summed E-state index contributed by atoms with van der Waals surface area (Å²) in [4.78, 5) is 20.1. The van der Waals surface area contributed by atoms with Crippen molar-refractivity contribution in [3.8, 4) is 5.82 Å². The second kappa shape index (κ2) is 7.01. The molecule has 1 atom stereocenters. The van der Waals surface area contributed by atoms with Gasteiger partial charge in [-0.05, 0) is 30.6 Å². The fourth-order valence-electron chi connectivity index (χ4n) is 1.60. The van der Waals surface area contributed by atoms with Crippen LogP contribution in [0.5, 0.6) is 0 Å². The number of thioether (sulfide) groups is 1. The molecule has 0 aliphatic rings. The number of aromatic nitrogens is 4. The molecule has 0 fully saturated rings. The van der Waals surface area contributed by atoms with Gasteiger partial charge in [-0.3, -0.25) is 4.79 Å². The maximum Gasteiger partial charge on any atom is 0.241 e. The number of hydrogen-bond donors (Lipinski definition) is 2. The molecule has 7 nitrogen and oxygen atoms in total. The molecule has 0 aliphatic carbocycles. The second-order valence-corrected chi connectivity index (χ2v) is 5.08. The van der Waals surface area contributed by atoms with Crippen LogP contribution in [0.1, 0.15) is 6.42 Å². The summed E-state index contributed by atoms with van der Waals surface area (Å²) in [6.07, 6.45) is 7.16. The van der Waals surface area contributed by atoms with Crippen molar-refractivity contribution in [1.29, 1.82) is 0 Å². The molecule has 0 radical (unpaired) electrons. The van der Waals surface area contributed by atoms with E-state index < -0.39 is 6.04 Å². The van der Waals surface area contributed by atoms with Crippen molar-refractivity contribution in [2.45, 2.75) is 12.5 Å². The quantitative estimate of drug-likeness (QED) is 0.812. The van der Waals surface area contributed by atoms with E-state index in [-0.39, 0.29) is 5.91 Å². The maximum absolute atomic E-state index is 12.0. The molecular weight excluding hydrogens is 276 g/mol. The molecule has 3 N–H and O–H groups in total. The lowest BCUT2D eigenvalue weighted by atomic mass is 10.2. The maximum atomic E-state index is 12.0. The van der Waals surface area contributed by atoms with Crippen molar-refractivity contribution in [2.24, 2.45) is 5.73 Å². The number of carbonyl (C=O) groups is 1. The minimum Gasteiger partial charge on any atom is -0.322 e. The number of amides is 1. The van der Waals surface area contributed by atoms with Crippen LogP contribution in [0, 0.1) is 0 Å². The fraction of sp³-hybridized carbons (Fsp3) is 0.333. The molecule has 0 saturated carbocycles. The number of anilines is 1. The van der Waals surface area contributed by atoms with Gasteiger partial charge in [-0.25, -0.2) is 14.6 Å². The van der Waals surface area contributed by atoms with Crippen LogP contribution in [0.15, 0.2) is 31.0 Å². The SMILES string of the molecule is CSCC[C@H](N)C(=O)Nc1cccnc1-n1cncn1. The van der Waals surface area contributed by atoms with Crippen LogP contribution in [0.2, 0.25) is 0 Å². The van der Waals surface area contributed by atoms with E-state index in [1.165, 1.54) is 17.3 Å². The van der Waals surface area contributed by atoms with Gasteiger partial charge in [0.2, 0.25) is 5.91 Å². The highest BCUT2D eigenvalue weighted by Crippen LogP contribution is 2.16. The number of nitrogens with zero attached hydrogens (tertiary/aromatic N) is 4. The summed E-state index contributed by atoms with van der Waals surface area (Å²) in [6.45, 7) is 0. The Bertz CT molecular complexity index is 559. The van der Waals surface area contributed by atoms with Gasteiger partial charge in [0.1, 0.15) is 12.7 Å². The van der Waals surface area contributed by atoms with Crippen LogP contribution in [0.25, 0.3) is 5.82 Å². The molecule has 0 bridgehead atoms. The van der Waals surface area contributed by atoms with Crippen LogP contribution < -0.4 is 11.1 Å². The third kappa shape index (κ3) is 3.55. The molecule has 0 aliphatic heterocycles. The van der Waals surface area contributed by atoms with E-state index in [0.717, 1.165) is 5.75 Å². The number of rotatable bonds is 6. The van der Waals surface area contributed by atoms with Crippen molar-refractivity contribution in [3.05, 3.63) is 31.0 Å². The van der Waals surface area contributed by atoms with E-state index in [1.807, 2.05) is 6.26 Å². The van der Waals surface area contributed by atoms with Gasteiger partial charge in [-0.1, -0.05) is 0 Å². The Balaban J connectivity index is 2.12. The van der Waals surface area contributed by atoms with E-state index in [4.69, 9.17) is 5.73 Å². The molecule has 1 amide bonds. The summed E-state index contributed by atoms with van der Waals surface area (Å²) in [5.41, 5.74) is 6.40. The number of carbonyl (C=O) groups excluding carboxylic acids is 1. The molecular formula is C12H16N6OS. The first-order valence-corrected chi connectivity index (χ1v) is 7.47. The Hall–Kier alpha value is -1.93. The molecule has 2 heterocycles. The van der Waals surface area contributed by atoms with Crippen molar-refractivity contribution in [2.75, 3.05) is 17.3 Å². The Morgan fingerprint density at radius 2 is 2.45 bits per heavy atom. The van der Waals surface area contributed by atoms with E-state index in [9.17, 15) is 4.79 Å². The van der Waals surface area contributed by atoms with Gasteiger partial charge >= 0.3 is 0 Å². The summed E-state index contributed by atoms with van der Waals surface area (Å²) in [7, 11) is 0. The first-order chi connectivity index (χ1) is 9.72. The van der Waals surface area contributed by atoms with Gasteiger partial charge in [0.25, 0.3) is 0 Å². The number of nitrogens with one attached hydrogen (secondary N) is 1. The fourth-order valence-corrected chi connectivity index (χ4v) is 2.09. The van der Waals surface area contributed by atoms with E-state index >= 15 is 0 Å². The smallest absolute Gasteiger partial charge is 0.241 e. The van der Waals surface area contributed by atoms with Gasteiger partial charge in [0.15, 0.2) is 5.82 Å². The first-order valence-electron chi connectivity index (χ1n) is 6.07. The normalized spacial score (nSPS) is 12.1. The van der Waals surface area contributed by atoms with E-state index in [2.05, 4.69) is 20.4 Å². The lowest BCUT2D eigenvalue weighted by Gasteiger charge is -2.13. The zero-order valence-electron chi connectivity index (χ0n) is 11.1. The number of pyridine rings is 1. The molecule has 8 heteroatoms. The lowest BCUT2D eigenvalue weighted by molar-refractivity contribution is -0.117. The van der Waals surface area contributed by atoms with Crippen LogP contribution in [-0.2, 0) is 4.79 Å². The van der Waals surface area contributed by atoms with Gasteiger partial charge in [0.05, 0.1) is 11.7 Å². The van der Waals surface area contributed by atoms with E-state index in [1.54, 1.807) is 30.1 Å². The van der Waals surface area contributed by atoms with Crippen molar-refractivity contribution in [1.82, 2.24) is 19.7 Å². The lowest BCUT2D eigenvalue weighted by Crippen LogP contribution is -2.36. The predicted molar refractivity (Wildman–Crippen MR) is 78.8 cm³/mol. The Morgan fingerprint density at radius 3 is 3.15 bits per heavy atom. The summed E-state index contributed by atoms with van der Waals surface area (Å²) in [5, 5.41) is 6.79. The third-order valence-electron chi connectivity index (χ3n) is 2.65. The highest BCUT2D eigenvalue weighted by atomic mass is 32.2. The molecule has 2 rings (SSSR count). The molecule has 106 valence electrons. The molecule has 20 heavy (non-hydrogen) atoms. The van der Waals surface area contributed by atoms with Crippen LogP contribution in [0.4, 0.5) is 5.69 Å². The van der Waals surface area contributed by atoms with Gasteiger partial charge in [-0.15, -0.1) is 0 Å². The van der Waals surface area contributed by atoms with E-state index in [0.29, 0.717) is 17.9 Å². The average molecular weight is 292 g/mol. The highest BCUT2D eigenvalue weighted by molar-refractivity contribution is 7.98. The summed E-state index contributed by atoms with van der Waals surface area (Å²) in [6, 6.07) is 2.96. The average Bonchev–Trinajstić information content (AvgIpc) is 2.99. The summed E-state index contributed by atoms with van der Waals surface area (Å²) in [5.74, 6) is 1.13. The molecule has 2 aromatic rings. The predicted octanol–water partition coefficient (Wildman–Crippen LogP) is 0.681. The summed E-state index contributed by atoms with van der Waals surface area (Å²) < 4.78 is 1.49. The Labute approximate surface area is 121 Å². The van der Waals surface area contributed by atoms with Crippen molar-refractivity contribution in [3.63, 3.8) is 0 Å². The molecule has 0 spiro atoms.